The van der Waals surface area contributed by atoms with Crippen molar-refractivity contribution in [1.82, 2.24) is 10.3 Å². The molecular formula is C32H42N2O4S. The zero-order valence-electron chi connectivity index (χ0n) is 23.8. The van der Waals surface area contributed by atoms with Crippen molar-refractivity contribution in [3.05, 3.63) is 87.9 Å². The van der Waals surface area contributed by atoms with Crippen LogP contribution >= 0.6 is 11.3 Å². The summed E-state index contributed by atoms with van der Waals surface area (Å²) in [4.78, 5) is 31.3. The first-order valence-electron chi connectivity index (χ1n) is 13.8. The lowest BCUT2D eigenvalue weighted by Gasteiger charge is -2.31. The van der Waals surface area contributed by atoms with E-state index in [0.29, 0.717) is 12.8 Å². The molecule has 0 fully saturated rings. The van der Waals surface area contributed by atoms with Crippen LogP contribution in [0.4, 0.5) is 4.79 Å². The van der Waals surface area contributed by atoms with Gasteiger partial charge in [0.1, 0.15) is 11.7 Å². The summed E-state index contributed by atoms with van der Waals surface area (Å²) in [5.41, 5.74) is 1.57. The number of nitrogens with zero attached hydrogens (tertiary/aromatic N) is 1. The zero-order valence-corrected chi connectivity index (χ0v) is 24.6. The third-order valence-corrected chi connectivity index (χ3v) is 7.53. The number of aryl methyl sites for hydroxylation is 1. The van der Waals surface area contributed by atoms with E-state index < -0.39 is 23.8 Å². The van der Waals surface area contributed by atoms with Crippen molar-refractivity contribution in [2.45, 2.75) is 96.8 Å². The fraction of sp³-hybridized carbons (Fsp3) is 0.469. The minimum absolute atomic E-state index is 0.0100. The monoisotopic (exact) mass is 550 g/mol. The van der Waals surface area contributed by atoms with Gasteiger partial charge in [0, 0.05) is 23.9 Å². The molecule has 0 aliphatic heterocycles. The predicted octanol–water partition coefficient (Wildman–Crippen LogP) is 7.27. The number of benzene rings is 2. The summed E-state index contributed by atoms with van der Waals surface area (Å²) in [6, 6.07) is 19.7. The molecule has 0 aliphatic carbocycles. The van der Waals surface area contributed by atoms with Crippen LogP contribution in [0.2, 0.25) is 0 Å². The lowest BCUT2D eigenvalue weighted by atomic mass is 9.89. The van der Waals surface area contributed by atoms with Crippen LogP contribution in [-0.2, 0) is 33.5 Å². The highest BCUT2D eigenvalue weighted by Gasteiger charge is 2.32. The van der Waals surface area contributed by atoms with Gasteiger partial charge in [-0.15, -0.1) is 11.3 Å². The number of nitrogens with one attached hydrogen (secondary N) is 1. The molecule has 1 unspecified atom stereocenters. The van der Waals surface area contributed by atoms with Gasteiger partial charge in [-0.25, -0.2) is 9.78 Å². The van der Waals surface area contributed by atoms with E-state index in [2.05, 4.69) is 24.4 Å². The SMILES string of the molecule is CCCCc1cnc(C(Cc2ccccc2)C[C@H](OC(C)=O)[C@H](Cc2ccccc2)NC(=O)OC(C)(C)C)s1. The molecule has 7 heteroatoms. The van der Waals surface area contributed by atoms with Gasteiger partial charge < -0.3 is 14.8 Å². The number of alkyl carbamates (subject to hydrolysis) is 1. The standard InChI is InChI=1S/C32H42N2O4S/c1-6-7-18-27-22-33-30(39-27)26(19-24-14-10-8-11-15-24)21-29(37-23(2)35)28(20-25-16-12-9-13-17-25)34-31(36)38-32(3,4)5/h8-17,22,26,28-29H,6-7,18-21H2,1-5H3,(H,34,36)/t26?,28-,29-/m0/s1. The first-order valence-corrected chi connectivity index (χ1v) is 14.6. The molecule has 3 aromatic rings. The number of rotatable bonds is 13. The summed E-state index contributed by atoms with van der Waals surface area (Å²) < 4.78 is 11.5. The van der Waals surface area contributed by atoms with Crippen LogP contribution in [0.25, 0.3) is 0 Å². The molecule has 0 saturated carbocycles. The minimum Gasteiger partial charge on any atom is -0.460 e. The number of aromatic nitrogens is 1. The number of amides is 1. The number of thiazole rings is 1. The van der Waals surface area contributed by atoms with Gasteiger partial charge in [0.25, 0.3) is 0 Å². The summed E-state index contributed by atoms with van der Waals surface area (Å²) in [7, 11) is 0. The van der Waals surface area contributed by atoms with Gasteiger partial charge in [-0.2, -0.15) is 0 Å². The van der Waals surface area contributed by atoms with E-state index in [1.165, 1.54) is 17.4 Å². The molecule has 3 rings (SSSR count). The molecule has 0 radical (unpaired) electrons. The molecule has 0 spiro atoms. The van der Waals surface area contributed by atoms with E-state index in [9.17, 15) is 9.59 Å². The Labute approximate surface area is 237 Å². The third-order valence-electron chi connectivity index (χ3n) is 6.31. The number of carbonyl (C=O) groups is 2. The van der Waals surface area contributed by atoms with E-state index in [4.69, 9.17) is 14.5 Å². The summed E-state index contributed by atoms with van der Waals surface area (Å²) >= 11 is 1.73. The van der Waals surface area contributed by atoms with Gasteiger partial charge in [-0.3, -0.25) is 4.79 Å². The maximum absolute atomic E-state index is 12.9. The molecule has 210 valence electrons. The maximum atomic E-state index is 12.9. The van der Waals surface area contributed by atoms with E-state index in [1.54, 1.807) is 11.3 Å². The molecule has 39 heavy (non-hydrogen) atoms. The second-order valence-corrected chi connectivity index (χ2v) is 12.1. The highest BCUT2D eigenvalue weighted by atomic mass is 32.1. The molecule has 0 aliphatic rings. The van der Waals surface area contributed by atoms with E-state index in [0.717, 1.165) is 36.3 Å². The summed E-state index contributed by atoms with van der Waals surface area (Å²) in [6.07, 6.45) is 5.91. The van der Waals surface area contributed by atoms with Crippen LogP contribution in [0.5, 0.6) is 0 Å². The van der Waals surface area contributed by atoms with Crippen LogP contribution in [0, 0.1) is 0 Å². The summed E-state index contributed by atoms with van der Waals surface area (Å²) in [5.74, 6) is -0.374. The fourth-order valence-electron chi connectivity index (χ4n) is 4.54. The Morgan fingerprint density at radius 3 is 2.15 bits per heavy atom. The van der Waals surface area contributed by atoms with Crippen LogP contribution in [0.1, 0.15) is 80.8 Å². The van der Waals surface area contributed by atoms with Gasteiger partial charge in [0.05, 0.1) is 11.0 Å². The molecule has 0 bridgehead atoms. The van der Waals surface area contributed by atoms with Gasteiger partial charge in [0.2, 0.25) is 0 Å². The minimum atomic E-state index is -0.649. The van der Waals surface area contributed by atoms with Gasteiger partial charge in [-0.1, -0.05) is 74.0 Å². The first-order chi connectivity index (χ1) is 18.6. The highest BCUT2D eigenvalue weighted by Crippen LogP contribution is 2.32. The van der Waals surface area contributed by atoms with Gasteiger partial charge in [0.15, 0.2) is 0 Å². The van der Waals surface area contributed by atoms with Gasteiger partial charge in [-0.05, 0) is 64.0 Å². The molecule has 3 atom stereocenters. The van der Waals surface area contributed by atoms with Crippen molar-refractivity contribution in [3.63, 3.8) is 0 Å². The van der Waals surface area contributed by atoms with E-state index in [1.807, 2.05) is 75.5 Å². The van der Waals surface area contributed by atoms with Crippen molar-refractivity contribution in [1.29, 1.82) is 0 Å². The van der Waals surface area contributed by atoms with E-state index >= 15 is 0 Å². The van der Waals surface area contributed by atoms with Crippen molar-refractivity contribution < 1.29 is 19.1 Å². The van der Waals surface area contributed by atoms with E-state index in [-0.39, 0.29) is 11.9 Å². The average molecular weight is 551 g/mol. The predicted molar refractivity (Wildman–Crippen MR) is 157 cm³/mol. The van der Waals surface area contributed by atoms with Gasteiger partial charge >= 0.3 is 12.1 Å². The number of carbonyl (C=O) groups excluding carboxylic acids is 2. The zero-order chi connectivity index (χ0) is 28.3. The molecule has 1 aromatic heterocycles. The Bertz CT molecular complexity index is 1160. The first kappa shape index (κ1) is 30.4. The second-order valence-electron chi connectivity index (χ2n) is 11.0. The normalized spacial score (nSPS) is 13.8. The van der Waals surface area contributed by atoms with Crippen LogP contribution < -0.4 is 5.32 Å². The topological polar surface area (TPSA) is 77.5 Å². The van der Waals surface area contributed by atoms with Crippen molar-refractivity contribution in [2.75, 3.05) is 0 Å². The Hall–Kier alpha value is -3.19. The molecule has 1 N–H and O–H groups in total. The lowest BCUT2D eigenvalue weighted by Crippen LogP contribution is -2.48. The van der Waals surface area contributed by atoms with Crippen molar-refractivity contribution >= 4 is 23.4 Å². The maximum Gasteiger partial charge on any atom is 0.408 e. The fourth-order valence-corrected chi connectivity index (χ4v) is 5.61. The Morgan fingerprint density at radius 1 is 0.974 bits per heavy atom. The van der Waals surface area contributed by atoms with Crippen LogP contribution in [-0.4, -0.2) is 34.8 Å². The third kappa shape index (κ3) is 10.8. The second kappa shape index (κ2) is 14.8. The smallest absolute Gasteiger partial charge is 0.408 e. The van der Waals surface area contributed by atoms with Crippen LogP contribution in [0.15, 0.2) is 66.9 Å². The highest BCUT2D eigenvalue weighted by molar-refractivity contribution is 7.11. The number of unbranched alkanes of at least 4 members (excludes halogenated alkanes) is 1. The lowest BCUT2D eigenvalue weighted by molar-refractivity contribution is -0.148. The molecule has 2 aromatic carbocycles. The number of ether oxygens (including phenoxy) is 2. The number of hydrogen-bond acceptors (Lipinski definition) is 6. The van der Waals surface area contributed by atoms with Crippen molar-refractivity contribution in [3.8, 4) is 0 Å². The average Bonchev–Trinajstić information content (AvgIpc) is 3.35. The quantitative estimate of drug-likeness (QED) is 0.227. The molecular weight excluding hydrogens is 508 g/mol. The Kier molecular flexibility index (Phi) is 11.5. The number of hydrogen-bond donors (Lipinski definition) is 1. The van der Waals surface area contributed by atoms with Crippen molar-refractivity contribution in [2.24, 2.45) is 0 Å². The Morgan fingerprint density at radius 2 is 1.59 bits per heavy atom. The molecule has 0 saturated heterocycles. The molecule has 1 amide bonds. The molecule has 1 heterocycles. The largest absolute Gasteiger partial charge is 0.460 e. The Balaban J connectivity index is 1.94. The number of esters is 1. The summed E-state index contributed by atoms with van der Waals surface area (Å²) in [5, 5.41) is 4.05. The molecule has 6 nitrogen and oxygen atoms in total. The van der Waals surface area contributed by atoms with Crippen LogP contribution in [0.3, 0.4) is 0 Å². The summed E-state index contributed by atoms with van der Waals surface area (Å²) in [6.45, 7) is 9.09.